The first-order valence-electron chi connectivity index (χ1n) is 7.75. The van der Waals surface area contributed by atoms with E-state index >= 15 is 0 Å². The van der Waals surface area contributed by atoms with Gasteiger partial charge in [-0.2, -0.15) is 0 Å². The van der Waals surface area contributed by atoms with Gasteiger partial charge in [0, 0.05) is 19.2 Å². The van der Waals surface area contributed by atoms with Gasteiger partial charge in [0.25, 0.3) is 5.56 Å². The van der Waals surface area contributed by atoms with E-state index in [0.29, 0.717) is 25.3 Å². The minimum atomic E-state index is -0.855. The number of pyridine rings is 1. The molecule has 2 rings (SSSR count). The maximum Gasteiger partial charge on any atom is 0.303 e. The number of hydrogen-bond donors (Lipinski definition) is 1. The number of aryl methyl sites for hydroxylation is 2. The van der Waals surface area contributed by atoms with Crippen molar-refractivity contribution in [3.63, 3.8) is 0 Å². The third kappa shape index (κ3) is 5.62. The Labute approximate surface area is 135 Å². The smallest absolute Gasteiger partial charge is 0.303 e. The lowest BCUT2D eigenvalue weighted by atomic mass is 10.1. The molecule has 0 fully saturated rings. The van der Waals surface area contributed by atoms with Gasteiger partial charge in [-0.05, 0) is 37.0 Å². The van der Waals surface area contributed by atoms with Gasteiger partial charge in [-0.25, -0.2) is 0 Å². The SMILES string of the molecule is O=C(O)CCCn1cccc(OCCCc2ccccc2)c1=O. The molecule has 0 spiro atoms. The van der Waals surface area contributed by atoms with Crippen LogP contribution in [0.25, 0.3) is 0 Å². The number of aliphatic carboxylic acids is 1. The zero-order valence-electron chi connectivity index (χ0n) is 13.0. The predicted molar refractivity (Wildman–Crippen MR) is 87.8 cm³/mol. The monoisotopic (exact) mass is 315 g/mol. The molecule has 0 aliphatic rings. The summed E-state index contributed by atoms with van der Waals surface area (Å²) in [6.07, 6.45) is 3.86. The quantitative estimate of drug-likeness (QED) is 0.722. The summed E-state index contributed by atoms with van der Waals surface area (Å²) in [5.74, 6) is -0.540. The fourth-order valence-corrected chi connectivity index (χ4v) is 2.30. The highest BCUT2D eigenvalue weighted by Gasteiger charge is 2.05. The summed E-state index contributed by atoms with van der Waals surface area (Å²) in [5.41, 5.74) is 1.04. The summed E-state index contributed by atoms with van der Waals surface area (Å²) in [6.45, 7) is 0.857. The molecule has 0 amide bonds. The summed E-state index contributed by atoms with van der Waals surface area (Å²) in [5, 5.41) is 8.64. The van der Waals surface area contributed by atoms with E-state index in [1.54, 1.807) is 18.3 Å². The lowest BCUT2D eigenvalue weighted by Gasteiger charge is -2.09. The first-order valence-corrected chi connectivity index (χ1v) is 7.75. The van der Waals surface area contributed by atoms with Gasteiger partial charge in [-0.1, -0.05) is 30.3 Å². The van der Waals surface area contributed by atoms with Crippen LogP contribution in [0.15, 0.2) is 53.5 Å². The van der Waals surface area contributed by atoms with Crippen LogP contribution in [0.1, 0.15) is 24.8 Å². The summed E-state index contributed by atoms with van der Waals surface area (Å²) in [7, 11) is 0. The number of ether oxygens (including phenoxy) is 1. The molecule has 0 unspecified atom stereocenters. The van der Waals surface area contributed by atoms with Crippen molar-refractivity contribution in [1.29, 1.82) is 0 Å². The molecule has 0 saturated carbocycles. The van der Waals surface area contributed by atoms with E-state index in [0.717, 1.165) is 12.8 Å². The number of rotatable bonds is 9. The van der Waals surface area contributed by atoms with E-state index in [1.807, 2.05) is 18.2 Å². The van der Waals surface area contributed by atoms with E-state index in [2.05, 4.69) is 12.1 Å². The van der Waals surface area contributed by atoms with E-state index in [9.17, 15) is 9.59 Å². The topological polar surface area (TPSA) is 68.5 Å². The number of carboxylic acids is 1. The Kier molecular flexibility index (Phi) is 6.41. The molecule has 0 atom stereocenters. The highest BCUT2D eigenvalue weighted by molar-refractivity contribution is 5.66. The number of aromatic nitrogens is 1. The third-order valence-electron chi connectivity index (χ3n) is 3.49. The Morgan fingerprint density at radius 3 is 2.61 bits per heavy atom. The molecular weight excluding hydrogens is 294 g/mol. The lowest BCUT2D eigenvalue weighted by molar-refractivity contribution is -0.137. The van der Waals surface area contributed by atoms with Crippen LogP contribution >= 0.6 is 0 Å². The standard InChI is InChI=1S/C18H21NO4/c20-17(21)11-5-13-19-12-4-10-16(18(19)22)23-14-6-9-15-7-2-1-3-8-15/h1-4,7-8,10,12H,5-6,9,11,13-14H2,(H,20,21). The van der Waals surface area contributed by atoms with Crippen molar-refractivity contribution in [2.75, 3.05) is 6.61 Å². The van der Waals surface area contributed by atoms with E-state index in [1.165, 1.54) is 10.1 Å². The van der Waals surface area contributed by atoms with Gasteiger partial charge in [0.05, 0.1) is 6.61 Å². The zero-order valence-corrected chi connectivity index (χ0v) is 13.0. The van der Waals surface area contributed by atoms with E-state index in [4.69, 9.17) is 9.84 Å². The highest BCUT2D eigenvalue weighted by Crippen LogP contribution is 2.06. The second-order valence-corrected chi connectivity index (χ2v) is 5.31. The van der Waals surface area contributed by atoms with Crippen LogP contribution in [0.3, 0.4) is 0 Å². The molecule has 0 aliphatic heterocycles. The van der Waals surface area contributed by atoms with Crippen molar-refractivity contribution >= 4 is 5.97 Å². The first kappa shape index (κ1) is 16.8. The van der Waals surface area contributed by atoms with Gasteiger partial charge in [0.1, 0.15) is 0 Å². The van der Waals surface area contributed by atoms with Crippen molar-refractivity contribution in [3.8, 4) is 5.75 Å². The average molecular weight is 315 g/mol. The molecule has 1 aromatic heterocycles. The maximum atomic E-state index is 12.2. The number of benzene rings is 1. The Bertz CT molecular complexity index is 679. The van der Waals surface area contributed by atoms with Crippen molar-refractivity contribution in [2.45, 2.75) is 32.2 Å². The third-order valence-corrected chi connectivity index (χ3v) is 3.49. The molecule has 0 radical (unpaired) electrons. The molecule has 1 N–H and O–H groups in total. The van der Waals surface area contributed by atoms with Crippen LogP contribution in [-0.2, 0) is 17.8 Å². The van der Waals surface area contributed by atoms with Crippen LogP contribution in [0.4, 0.5) is 0 Å². The van der Waals surface area contributed by atoms with Gasteiger partial charge in [-0.15, -0.1) is 0 Å². The van der Waals surface area contributed by atoms with Crippen LogP contribution in [0, 0.1) is 0 Å². The predicted octanol–water partition coefficient (Wildman–Crippen LogP) is 2.72. The van der Waals surface area contributed by atoms with Crippen LogP contribution < -0.4 is 10.3 Å². The first-order chi connectivity index (χ1) is 11.2. The molecule has 122 valence electrons. The minimum Gasteiger partial charge on any atom is -0.488 e. The van der Waals surface area contributed by atoms with Crippen molar-refractivity contribution in [1.82, 2.24) is 4.57 Å². The summed E-state index contributed by atoms with van der Waals surface area (Å²) < 4.78 is 7.07. The van der Waals surface area contributed by atoms with Gasteiger partial charge >= 0.3 is 5.97 Å². The molecular formula is C18H21NO4. The van der Waals surface area contributed by atoms with Gasteiger partial charge < -0.3 is 14.4 Å². The number of carbonyl (C=O) groups is 1. The molecule has 1 heterocycles. The Balaban J connectivity index is 1.83. The second-order valence-electron chi connectivity index (χ2n) is 5.31. The normalized spacial score (nSPS) is 10.4. The van der Waals surface area contributed by atoms with Gasteiger partial charge in [0.2, 0.25) is 0 Å². The van der Waals surface area contributed by atoms with Crippen LogP contribution in [0.2, 0.25) is 0 Å². The van der Waals surface area contributed by atoms with Gasteiger partial charge in [0.15, 0.2) is 5.75 Å². The molecule has 0 saturated heterocycles. The fourth-order valence-electron chi connectivity index (χ4n) is 2.30. The van der Waals surface area contributed by atoms with Gasteiger partial charge in [-0.3, -0.25) is 9.59 Å². The van der Waals surface area contributed by atoms with Crippen molar-refractivity contribution in [3.05, 3.63) is 64.6 Å². The van der Waals surface area contributed by atoms with E-state index in [-0.39, 0.29) is 12.0 Å². The minimum absolute atomic E-state index is 0.0502. The Morgan fingerprint density at radius 1 is 1.09 bits per heavy atom. The number of hydrogen-bond acceptors (Lipinski definition) is 3. The van der Waals surface area contributed by atoms with Crippen LogP contribution in [0.5, 0.6) is 5.75 Å². The molecule has 0 bridgehead atoms. The fraction of sp³-hybridized carbons (Fsp3) is 0.333. The average Bonchev–Trinajstić information content (AvgIpc) is 2.55. The maximum absolute atomic E-state index is 12.2. The van der Waals surface area contributed by atoms with Crippen LogP contribution in [-0.4, -0.2) is 22.2 Å². The zero-order chi connectivity index (χ0) is 16.5. The molecule has 23 heavy (non-hydrogen) atoms. The summed E-state index contributed by atoms with van der Waals surface area (Å²) in [6, 6.07) is 13.5. The summed E-state index contributed by atoms with van der Waals surface area (Å²) >= 11 is 0. The second kappa shape index (κ2) is 8.78. The molecule has 2 aromatic rings. The lowest BCUT2D eigenvalue weighted by Crippen LogP contribution is -2.22. The highest BCUT2D eigenvalue weighted by atomic mass is 16.5. The largest absolute Gasteiger partial charge is 0.488 e. The Hall–Kier alpha value is -2.56. The van der Waals surface area contributed by atoms with E-state index < -0.39 is 5.97 Å². The number of carboxylic acid groups (broad SMARTS) is 1. The summed E-state index contributed by atoms with van der Waals surface area (Å²) in [4.78, 5) is 22.7. The van der Waals surface area contributed by atoms with Crippen molar-refractivity contribution < 1.29 is 14.6 Å². The molecule has 5 heteroatoms. The molecule has 0 aliphatic carbocycles. The number of nitrogens with zero attached hydrogens (tertiary/aromatic N) is 1. The van der Waals surface area contributed by atoms with Crippen molar-refractivity contribution in [2.24, 2.45) is 0 Å². The Morgan fingerprint density at radius 2 is 1.87 bits per heavy atom. The molecule has 5 nitrogen and oxygen atoms in total. The molecule has 1 aromatic carbocycles.